The van der Waals surface area contributed by atoms with E-state index in [1.807, 2.05) is 11.9 Å². The van der Waals surface area contributed by atoms with Crippen LogP contribution in [-0.4, -0.2) is 50.0 Å². The van der Waals surface area contributed by atoms with Gasteiger partial charge in [0.05, 0.1) is 0 Å². The number of para-hydroxylation sites is 1. The molecule has 2 aliphatic rings. The largest absolute Gasteiger partial charge is 0.356 e. The topological polar surface area (TPSA) is 47.9 Å². The van der Waals surface area contributed by atoms with Crippen molar-refractivity contribution in [1.29, 1.82) is 0 Å². The van der Waals surface area contributed by atoms with Gasteiger partial charge in [0.2, 0.25) is 5.91 Å². The average Bonchev–Trinajstić information content (AvgIpc) is 3.27. The number of rotatable bonds is 7. The molecule has 1 aromatic carbocycles. The molecule has 156 valence electrons. The first kappa shape index (κ1) is 23.0. The summed E-state index contributed by atoms with van der Waals surface area (Å²) in [5, 5.41) is 3.59. The van der Waals surface area contributed by atoms with E-state index in [1.54, 1.807) is 0 Å². The van der Waals surface area contributed by atoms with Gasteiger partial charge in [-0.05, 0) is 30.4 Å². The van der Waals surface area contributed by atoms with E-state index in [0.29, 0.717) is 17.7 Å². The summed E-state index contributed by atoms with van der Waals surface area (Å²) in [6.45, 7) is 8.19. The van der Waals surface area contributed by atoms with Gasteiger partial charge in [-0.3, -0.25) is 9.79 Å². The molecule has 0 aliphatic carbocycles. The molecule has 0 saturated carbocycles. The molecule has 0 bridgehead atoms. The second-order valence-corrected chi connectivity index (χ2v) is 7.75. The van der Waals surface area contributed by atoms with Gasteiger partial charge in [-0.2, -0.15) is 0 Å². The summed E-state index contributed by atoms with van der Waals surface area (Å²) in [4.78, 5) is 20.9. The number of guanidine groups is 1. The lowest BCUT2D eigenvalue weighted by molar-refractivity contribution is -0.127. The van der Waals surface area contributed by atoms with Gasteiger partial charge in [-0.1, -0.05) is 44.9 Å². The Kier molecular flexibility index (Phi) is 9.05. The van der Waals surface area contributed by atoms with Gasteiger partial charge in [-0.15, -0.1) is 24.0 Å². The van der Waals surface area contributed by atoms with Crippen molar-refractivity contribution < 1.29 is 4.79 Å². The highest BCUT2D eigenvalue weighted by Crippen LogP contribution is 2.38. The van der Waals surface area contributed by atoms with Crippen LogP contribution in [0, 0.1) is 5.92 Å². The van der Waals surface area contributed by atoms with Crippen molar-refractivity contribution >= 4 is 41.5 Å². The van der Waals surface area contributed by atoms with Crippen molar-refractivity contribution in [1.82, 2.24) is 10.2 Å². The second kappa shape index (κ2) is 11.0. The van der Waals surface area contributed by atoms with Crippen molar-refractivity contribution in [3.63, 3.8) is 0 Å². The summed E-state index contributed by atoms with van der Waals surface area (Å²) in [7, 11) is 1.87. The number of fused-ring (bicyclic) bond motifs is 1. The van der Waals surface area contributed by atoms with Crippen molar-refractivity contribution in [2.45, 2.75) is 51.9 Å². The van der Waals surface area contributed by atoms with E-state index in [9.17, 15) is 4.79 Å². The predicted octanol–water partition coefficient (Wildman–Crippen LogP) is 4.23. The molecule has 1 atom stereocenters. The third-order valence-corrected chi connectivity index (χ3v) is 6.16. The molecule has 1 saturated heterocycles. The molecule has 5 nitrogen and oxygen atoms in total. The predicted molar refractivity (Wildman–Crippen MR) is 128 cm³/mol. The van der Waals surface area contributed by atoms with Gasteiger partial charge in [0.1, 0.15) is 0 Å². The Hall–Kier alpha value is -1.31. The maximum atomic E-state index is 11.9. The van der Waals surface area contributed by atoms with Crippen molar-refractivity contribution in [3.05, 3.63) is 29.8 Å². The fourth-order valence-corrected chi connectivity index (χ4v) is 4.30. The van der Waals surface area contributed by atoms with Gasteiger partial charge < -0.3 is 15.1 Å². The molecular formula is C22H35IN4O. The van der Waals surface area contributed by atoms with Crippen LogP contribution in [0.5, 0.6) is 0 Å². The lowest BCUT2D eigenvalue weighted by Crippen LogP contribution is -2.43. The second-order valence-electron chi connectivity index (χ2n) is 7.75. The molecule has 1 N–H and O–H groups in total. The minimum atomic E-state index is 0. The molecule has 2 heterocycles. The first-order valence-corrected chi connectivity index (χ1v) is 10.5. The van der Waals surface area contributed by atoms with E-state index in [1.165, 1.54) is 24.1 Å². The summed E-state index contributed by atoms with van der Waals surface area (Å²) < 4.78 is 0. The van der Waals surface area contributed by atoms with Gasteiger partial charge in [0.25, 0.3) is 0 Å². The van der Waals surface area contributed by atoms with Gasteiger partial charge in [0, 0.05) is 51.3 Å². The molecule has 28 heavy (non-hydrogen) atoms. The number of hydrogen-bond donors (Lipinski definition) is 1. The number of halogens is 1. The SMILES string of the molecule is CCC(CC)CNC(=NC)N1CC(CCN2CCCC2=O)c2ccccc21.I. The zero-order valence-corrected chi connectivity index (χ0v) is 19.8. The van der Waals surface area contributed by atoms with E-state index >= 15 is 0 Å². The number of carbonyl (C=O) groups is 1. The average molecular weight is 498 g/mol. The van der Waals surface area contributed by atoms with Crippen LogP contribution in [0.25, 0.3) is 0 Å². The van der Waals surface area contributed by atoms with Crippen LogP contribution in [0.2, 0.25) is 0 Å². The summed E-state index contributed by atoms with van der Waals surface area (Å²) in [6, 6.07) is 8.66. The minimum Gasteiger partial charge on any atom is -0.356 e. The first-order chi connectivity index (χ1) is 13.2. The lowest BCUT2D eigenvalue weighted by atomic mass is 9.98. The minimum absolute atomic E-state index is 0. The lowest BCUT2D eigenvalue weighted by Gasteiger charge is -2.25. The number of anilines is 1. The molecule has 1 fully saturated rings. The fraction of sp³-hybridized carbons (Fsp3) is 0.636. The Bertz CT molecular complexity index is 674. The summed E-state index contributed by atoms with van der Waals surface area (Å²) in [5.41, 5.74) is 2.64. The number of nitrogens with zero attached hydrogens (tertiary/aromatic N) is 3. The Labute approximate surface area is 187 Å². The van der Waals surface area contributed by atoms with Crippen molar-refractivity contribution in [3.8, 4) is 0 Å². The Morgan fingerprint density at radius 1 is 1.29 bits per heavy atom. The van der Waals surface area contributed by atoms with E-state index < -0.39 is 0 Å². The fourth-order valence-electron chi connectivity index (χ4n) is 4.30. The van der Waals surface area contributed by atoms with Crippen LogP contribution in [0.15, 0.2) is 29.3 Å². The van der Waals surface area contributed by atoms with Crippen molar-refractivity contribution in [2.24, 2.45) is 10.9 Å². The first-order valence-electron chi connectivity index (χ1n) is 10.5. The van der Waals surface area contributed by atoms with E-state index in [-0.39, 0.29) is 24.0 Å². The van der Waals surface area contributed by atoms with E-state index in [0.717, 1.165) is 51.4 Å². The number of benzene rings is 1. The molecule has 1 amide bonds. The Morgan fingerprint density at radius 3 is 2.68 bits per heavy atom. The third kappa shape index (κ3) is 5.19. The molecular weight excluding hydrogens is 463 g/mol. The molecule has 0 spiro atoms. The normalized spacial score (nSPS) is 19.2. The Morgan fingerprint density at radius 2 is 2.04 bits per heavy atom. The highest BCUT2D eigenvalue weighted by atomic mass is 127. The molecule has 1 aromatic rings. The monoisotopic (exact) mass is 498 g/mol. The molecule has 2 aliphatic heterocycles. The zero-order chi connectivity index (χ0) is 19.2. The highest BCUT2D eigenvalue weighted by molar-refractivity contribution is 14.0. The van der Waals surface area contributed by atoms with E-state index in [4.69, 9.17) is 0 Å². The Balaban J connectivity index is 0.00000280. The van der Waals surface area contributed by atoms with Crippen molar-refractivity contribution in [2.75, 3.05) is 38.1 Å². The standard InChI is InChI=1S/C22H34N4O.HI/c1-4-17(5-2)15-24-22(23-3)26-16-18(19-9-6-7-10-20(19)26)12-14-25-13-8-11-21(25)27;/h6-7,9-10,17-18H,4-5,8,11-16H2,1-3H3,(H,23,24);1H. The van der Waals surface area contributed by atoms with Crippen LogP contribution in [0.3, 0.4) is 0 Å². The smallest absolute Gasteiger partial charge is 0.222 e. The molecule has 1 unspecified atom stereocenters. The van der Waals surface area contributed by atoms with Gasteiger partial charge >= 0.3 is 0 Å². The number of hydrogen-bond acceptors (Lipinski definition) is 2. The molecule has 3 rings (SSSR count). The number of carbonyl (C=O) groups excluding carboxylic acids is 1. The summed E-state index contributed by atoms with van der Waals surface area (Å²) in [6.07, 6.45) is 5.12. The third-order valence-electron chi connectivity index (χ3n) is 6.16. The number of aliphatic imine (C=N–C) groups is 1. The van der Waals surface area contributed by atoms with E-state index in [2.05, 4.69) is 53.3 Å². The van der Waals surface area contributed by atoms with Crippen LogP contribution in [-0.2, 0) is 4.79 Å². The quantitative estimate of drug-likeness (QED) is 0.348. The number of amides is 1. The van der Waals surface area contributed by atoms with Crippen LogP contribution in [0.4, 0.5) is 5.69 Å². The number of likely N-dealkylation sites (tertiary alicyclic amines) is 1. The molecule has 6 heteroatoms. The van der Waals surface area contributed by atoms with Crippen LogP contribution in [0.1, 0.15) is 57.4 Å². The maximum absolute atomic E-state index is 11.9. The maximum Gasteiger partial charge on any atom is 0.222 e. The number of nitrogens with one attached hydrogen (secondary N) is 1. The van der Waals surface area contributed by atoms with Crippen LogP contribution >= 0.6 is 24.0 Å². The van der Waals surface area contributed by atoms with Gasteiger partial charge in [0.15, 0.2) is 5.96 Å². The zero-order valence-electron chi connectivity index (χ0n) is 17.5. The van der Waals surface area contributed by atoms with Crippen LogP contribution < -0.4 is 10.2 Å². The highest BCUT2D eigenvalue weighted by Gasteiger charge is 2.32. The summed E-state index contributed by atoms with van der Waals surface area (Å²) in [5.74, 6) is 2.41. The molecule has 0 aromatic heterocycles. The molecule has 0 radical (unpaired) electrons. The van der Waals surface area contributed by atoms with Gasteiger partial charge in [-0.25, -0.2) is 0 Å². The summed E-state index contributed by atoms with van der Waals surface area (Å²) >= 11 is 0.